The van der Waals surface area contributed by atoms with Gasteiger partial charge in [-0.25, -0.2) is 4.98 Å². The Hall–Kier alpha value is -2.71. The molecule has 3 rings (SSSR count). The first-order valence-corrected chi connectivity index (χ1v) is 7.87. The summed E-state index contributed by atoms with van der Waals surface area (Å²) < 4.78 is 5.69. The Labute approximate surface area is 145 Å². The summed E-state index contributed by atoms with van der Waals surface area (Å²) in [5.41, 5.74) is 0.741. The van der Waals surface area contributed by atoms with Crippen LogP contribution in [0.25, 0.3) is 10.2 Å². The Morgan fingerprint density at radius 3 is 2.83 bits per heavy atom. The zero-order chi connectivity index (χ0) is 17.3. The highest BCUT2D eigenvalue weighted by Gasteiger charge is 2.17. The number of nitrogens with zero attached hydrogens (tertiary/aromatic N) is 2. The molecule has 0 atom stereocenters. The van der Waals surface area contributed by atoms with Gasteiger partial charge in [0.2, 0.25) is 0 Å². The molecule has 0 saturated carbocycles. The fourth-order valence-electron chi connectivity index (χ4n) is 2.10. The van der Waals surface area contributed by atoms with E-state index in [2.05, 4.69) is 10.3 Å². The first-order chi connectivity index (χ1) is 11.5. The molecule has 7 nitrogen and oxygen atoms in total. The van der Waals surface area contributed by atoms with Crippen LogP contribution in [-0.4, -0.2) is 22.9 Å². The molecule has 0 radical (unpaired) electrons. The lowest BCUT2D eigenvalue weighted by Crippen LogP contribution is -2.11. The van der Waals surface area contributed by atoms with Gasteiger partial charge in [-0.05, 0) is 18.2 Å². The summed E-state index contributed by atoms with van der Waals surface area (Å²) in [6, 6.07) is 9.19. The van der Waals surface area contributed by atoms with Crippen molar-refractivity contribution < 1.29 is 14.5 Å². The number of methoxy groups -OCH3 is 1. The minimum Gasteiger partial charge on any atom is -0.494 e. The van der Waals surface area contributed by atoms with Gasteiger partial charge in [0.25, 0.3) is 11.6 Å². The second kappa shape index (κ2) is 6.42. The third kappa shape index (κ3) is 3.15. The molecular weight excluding hydrogens is 354 g/mol. The maximum atomic E-state index is 12.2. The molecule has 0 saturated heterocycles. The topological polar surface area (TPSA) is 94.4 Å². The number of fused-ring (bicyclic) bond motifs is 1. The van der Waals surface area contributed by atoms with Crippen LogP contribution in [0.4, 0.5) is 10.8 Å². The summed E-state index contributed by atoms with van der Waals surface area (Å²) in [7, 11) is 1.40. The van der Waals surface area contributed by atoms with Gasteiger partial charge in [0.15, 0.2) is 10.9 Å². The Bertz CT molecular complexity index is 957. The van der Waals surface area contributed by atoms with Gasteiger partial charge in [0, 0.05) is 16.7 Å². The molecule has 3 aromatic rings. The van der Waals surface area contributed by atoms with Crippen molar-refractivity contribution >= 4 is 49.9 Å². The predicted molar refractivity (Wildman–Crippen MR) is 92.2 cm³/mol. The summed E-state index contributed by atoms with van der Waals surface area (Å²) in [6.45, 7) is 0. The van der Waals surface area contributed by atoms with E-state index in [9.17, 15) is 14.9 Å². The molecule has 0 aliphatic carbocycles. The maximum absolute atomic E-state index is 12.2. The number of thiazole rings is 1. The summed E-state index contributed by atoms with van der Waals surface area (Å²) in [5.74, 6) is -0.0938. The SMILES string of the molecule is COc1cc([N+](=O)[O-])cc2sc(NC(=O)c3cccc(Cl)c3)nc12. The molecule has 122 valence electrons. The lowest BCUT2D eigenvalue weighted by Gasteiger charge is -2.01. The van der Waals surface area contributed by atoms with E-state index in [4.69, 9.17) is 16.3 Å². The van der Waals surface area contributed by atoms with Gasteiger partial charge < -0.3 is 4.74 Å². The van der Waals surface area contributed by atoms with Crippen molar-refractivity contribution in [3.8, 4) is 5.75 Å². The zero-order valence-corrected chi connectivity index (χ0v) is 13.9. The van der Waals surface area contributed by atoms with Crippen LogP contribution in [-0.2, 0) is 0 Å². The number of carbonyl (C=O) groups excluding carboxylic acids is 1. The van der Waals surface area contributed by atoms with E-state index < -0.39 is 4.92 Å². The first kappa shape index (κ1) is 16.2. The number of anilines is 1. The van der Waals surface area contributed by atoms with Crippen molar-refractivity contribution in [3.05, 3.63) is 57.1 Å². The van der Waals surface area contributed by atoms with Gasteiger partial charge >= 0.3 is 0 Å². The minimum atomic E-state index is -0.508. The molecule has 0 bridgehead atoms. The Balaban J connectivity index is 1.96. The number of halogens is 1. The van der Waals surface area contributed by atoms with Gasteiger partial charge in [-0.15, -0.1) is 0 Å². The number of aromatic nitrogens is 1. The van der Waals surface area contributed by atoms with E-state index in [0.29, 0.717) is 25.9 Å². The van der Waals surface area contributed by atoms with Crippen LogP contribution >= 0.6 is 22.9 Å². The third-order valence-electron chi connectivity index (χ3n) is 3.18. The van der Waals surface area contributed by atoms with Crippen molar-refractivity contribution in [2.75, 3.05) is 12.4 Å². The summed E-state index contributed by atoms with van der Waals surface area (Å²) >= 11 is 6.99. The van der Waals surface area contributed by atoms with Crippen LogP contribution in [0.2, 0.25) is 5.02 Å². The molecule has 9 heteroatoms. The fraction of sp³-hybridized carbons (Fsp3) is 0.0667. The quantitative estimate of drug-likeness (QED) is 0.555. The smallest absolute Gasteiger partial charge is 0.274 e. The van der Waals surface area contributed by atoms with E-state index in [-0.39, 0.29) is 17.3 Å². The normalized spacial score (nSPS) is 10.6. The van der Waals surface area contributed by atoms with Crippen LogP contribution in [0.1, 0.15) is 10.4 Å². The second-order valence-corrected chi connectivity index (χ2v) is 6.20. The molecule has 0 spiro atoms. The molecule has 1 N–H and O–H groups in total. The average molecular weight is 364 g/mol. The molecule has 0 unspecified atom stereocenters. The van der Waals surface area contributed by atoms with E-state index in [1.807, 2.05) is 0 Å². The lowest BCUT2D eigenvalue weighted by atomic mass is 10.2. The van der Waals surface area contributed by atoms with E-state index >= 15 is 0 Å². The molecule has 0 fully saturated rings. The van der Waals surface area contributed by atoms with Crippen LogP contribution in [0.3, 0.4) is 0 Å². The molecule has 1 aromatic heterocycles. The summed E-state index contributed by atoms with van der Waals surface area (Å²) in [6.07, 6.45) is 0. The molecule has 2 aromatic carbocycles. The summed E-state index contributed by atoms with van der Waals surface area (Å²) in [5, 5.41) is 14.4. The number of non-ortho nitro benzene ring substituents is 1. The number of benzene rings is 2. The summed E-state index contributed by atoms with van der Waals surface area (Å²) in [4.78, 5) is 27.0. The van der Waals surface area contributed by atoms with Crippen LogP contribution in [0.5, 0.6) is 5.75 Å². The van der Waals surface area contributed by atoms with Crippen LogP contribution < -0.4 is 10.1 Å². The molecule has 24 heavy (non-hydrogen) atoms. The highest BCUT2D eigenvalue weighted by molar-refractivity contribution is 7.22. The molecule has 0 aliphatic rings. The monoisotopic (exact) mass is 363 g/mol. The zero-order valence-electron chi connectivity index (χ0n) is 12.3. The minimum absolute atomic E-state index is 0.101. The predicted octanol–water partition coefficient (Wildman–Crippen LogP) is 4.12. The van der Waals surface area contributed by atoms with E-state index in [0.717, 1.165) is 11.3 Å². The average Bonchev–Trinajstić information content (AvgIpc) is 2.96. The van der Waals surface area contributed by atoms with E-state index in [1.54, 1.807) is 18.2 Å². The van der Waals surface area contributed by atoms with Gasteiger partial charge in [-0.1, -0.05) is 29.0 Å². The van der Waals surface area contributed by atoms with Gasteiger partial charge in [0.1, 0.15) is 5.52 Å². The van der Waals surface area contributed by atoms with Gasteiger partial charge in [0.05, 0.1) is 22.8 Å². The number of ether oxygens (including phenoxy) is 1. The largest absolute Gasteiger partial charge is 0.494 e. The van der Waals surface area contributed by atoms with Crippen LogP contribution in [0.15, 0.2) is 36.4 Å². The Morgan fingerprint density at radius 2 is 2.17 bits per heavy atom. The number of nitro groups is 1. The standard InChI is InChI=1S/C15H10ClN3O4S/c1-23-11-6-10(19(21)22)7-12-13(11)17-15(24-12)18-14(20)8-3-2-4-9(16)5-8/h2-7H,1H3,(H,17,18,20). The molecule has 1 amide bonds. The van der Waals surface area contributed by atoms with Crippen molar-refractivity contribution in [2.45, 2.75) is 0 Å². The number of nitro benzene ring substituents is 1. The third-order valence-corrected chi connectivity index (χ3v) is 4.34. The Morgan fingerprint density at radius 1 is 1.38 bits per heavy atom. The van der Waals surface area contributed by atoms with Crippen molar-refractivity contribution in [1.29, 1.82) is 0 Å². The highest BCUT2D eigenvalue weighted by Crippen LogP contribution is 2.36. The number of hydrogen-bond acceptors (Lipinski definition) is 6. The van der Waals surface area contributed by atoms with Gasteiger partial charge in [-0.2, -0.15) is 0 Å². The number of carbonyl (C=O) groups is 1. The number of hydrogen-bond donors (Lipinski definition) is 1. The molecule has 0 aliphatic heterocycles. The highest BCUT2D eigenvalue weighted by atomic mass is 35.5. The molecular formula is C15H10ClN3O4S. The number of amides is 1. The van der Waals surface area contributed by atoms with E-state index in [1.165, 1.54) is 25.3 Å². The fourth-order valence-corrected chi connectivity index (χ4v) is 3.20. The number of rotatable bonds is 4. The van der Waals surface area contributed by atoms with Crippen molar-refractivity contribution in [1.82, 2.24) is 4.98 Å². The van der Waals surface area contributed by atoms with Crippen molar-refractivity contribution in [2.24, 2.45) is 0 Å². The van der Waals surface area contributed by atoms with Crippen LogP contribution in [0, 0.1) is 10.1 Å². The number of nitrogens with one attached hydrogen (secondary N) is 1. The lowest BCUT2D eigenvalue weighted by molar-refractivity contribution is -0.384. The Kier molecular flexibility index (Phi) is 4.32. The van der Waals surface area contributed by atoms with Crippen molar-refractivity contribution in [3.63, 3.8) is 0 Å². The second-order valence-electron chi connectivity index (χ2n) is 4.74. The first-order valence-electron chi connectivity index (χ1n) is 6.68. The molecule has 1 heterocycles. The van der Waals surface area contributed by atoms with Gasteiger partial charge in [-0.3, -0.25) is 20.2 Å². The maximum Gasteiger partial charge on any atom is 0.274 e.